The lowest BCUT2D eigenvalue weighted by molar-refractivity contribution is 0.0942. The molecule has 0 spiro atoms. The normalized spacial score (nSPS) is 13.3. The first kappa shape index (κ1) is 22.8. The predicted octanol–water partition coefficient (Wildman–Crippen LogP) is 3.82. The Morgan fingerprint density at radius 3 is 2.51 bits per heavy atom. The Kier molecular flexibility index (Phi) is 6.86. The van der Waals surface area contributed by atoms with E-state index in [-0.39, 0.29) is 5.91 Å². The van der Waals surface area contributed by atoms with Crippen LogP contribution in [0.3, 0.4) is 0 Å². The SMILES string of the molecule is COc1ccc(CNC(=O)c2nn(Cc3ccccn3)c3c2CN(Cc2ccccc2)CC3)cc1. The number of rotatable bonds is 8. The van der Waals surface area contributed by atoms with Crippen molar-refractivity contribution in [2.24, 2.45) is 0 Å². The van der Waals surface area contributed by atoms with Crippen LogP contribution in [0.4, 0.5) is 0 Å². The number of aromatic nitrogens is 3. The smallest absolute Gasteiger partial charge is 0.272 e. The van der Waals surface area contributed by atoms with Crippen molar-refractivity contribution in [1.29, 1.82) is 0 Å². The number of fused-ring (bicyclic) bond motifs is 1. The fourth-order valence-corrected chi connectivity index (χ4v) is 4.49. The fourth-order valence-electron chi connectivity index (χ4n) is 4.49. The lowest BCUT2D eigenvalue weighted by atomic mass is 10.0. The third-order valence-corrected chi connectivity index (χ3v) is 6.33. The first-order valence-electron chi connectivity index (χ1n) is 11.9. The van der Waals surface area contributed by atoms with Crippen molar-refractivity contribution < 1.29 is 9.53 Å². The van der Waals surface area contributed by atoms with Crippen LogP contribution < -0.4 is 10.1 Å². The van der Waals surface area contributed by atoms with E-state index in [1.807, 2.05) is 53.2 Å². The number of carbonyl (C=O) groups excluding carboxylic acids is 1. The van der Waals surface area contributed by atoms with Gasteiger partial charge in [0.05, 0.1) is 19.3 Å². The van der Waals surface area contributed by atoms with Crippen LogP contribution in [-0.4, -0.2) is 39.2 Å². The summed E-state index contributed by atoms with van der Waals surface area (Å²) in [6.07, 6.45) is 2.63. The molecule has 1 aliphatic heterocycles. The Morgan fingerprint density at radius 2 is 1.77 bits per heavy atom. The molecule has 0 saturated heterocycles. The highest BCUT2D eigenvalue weighted by molar-refractivity contribution is 5.94. The van der Waals surface area contributed by atoms with Gasteiger partial charge in [-0.3, -0.25) is 19.4 Å². The molecule has 1 amide bonds. The summed E-state index contributed by atoms with van der Waals surface area (Å²) in [7, 11) is 1.64. The first-order chi connectivity index (χ1) is 17.2. The topological polar surface area (TPSA) is 72.3 Å². The van der Waals surface area contributed by atoms with Crippen LogP contribution in [0.5, 0.6) is 5.75 Å². The summed E-state index contributed by atoms with van der Waals surface area (Å²) < 4.78 is 7.18. The molecule has 0 unspecified atom stereocenters. The van der Waals surface area contributed by atoms with E-state index >= 15 is 0 Å². The van der Waals surface area contributed by atoms with Gasteiger partial charge in [0, 0.05) is 50.1 Å². The van der Waals surface area contributed by atoms with E-state index in [2.05, 4.69) is 39.5 Å². The molecule has 0 saturated carbocycles. The maximum atomic E-state index is 13.3. The van der Waals surface area contributed by atoms with E-state index in [1.54, 1.807) is 13.3 Å². The number of nitrogens with zero attached hydrogens (tertiary/aromatic N) is 4. The van der Waals surface area contributed by atoms with Gasteiger partial charge in [-0.05, 0) is 35.4 Å². The molecule has 1 N–H and O–H groups in total. The van der Waals surface area contributed by atoms with Crippen molar-refractivity contribution in [3.05, 3.63) is 113 Å². The van der Waals surface area contributed by atoms with Crippen LogP contribution in [0.2, 0.25) is 0 Å². The number of amides is 1. The molecular formula is C28H29N5O2. The van der Waals surface area contributed by atoms with Crippen LogP contribution in [0.1, 0.15) is 38.6 Å². The number of pyridine rings is 1. The average Bonchev–Trinajstić information content (AvgIpc) is 3.26. The molecule has 1 aliphatic rings. The van der Waals surface area contributed by atoms with Gasteiger partial charge in [0.1, 0.15) is 5.75 Å². The summed E-state index contributed by atoms with van der Waals surface area (Å²) in [5.41, 5.74) is 5.83. The first-order valence-corrected chi connectivity index (χ1v) is 11.9. The molecule has 35 heavy (non-hydrogen) atoms. The third-order valence-electron chi connectivity index (χ3n) is 6.33. The lowest BCUT2D eigenvalue weighted by Gasteiger charge is -2.27. The Balaban J connectivity index is 1.37. The van der Waals surface area contributed by atoms with E-state index in [1.165, 1.54) is 5.56 Å². The van der Waals surface area contributed by atoms with Crippen LogP contribution in [0.25, 0.3) is 0 Å². The van der Waals surface area contributed by atoms with Crippen molar-refractivity contribution in [3.8, 4) is 5.75 Å². The zero-order chi connectivity index (χ0) is 24.0. The molecule has 2 aromatic heterocycles. The van der Waals surface area contributed by atoms with Crippen molar-refractivity contribution in [2.45, 2.75) is 32.6 Å². The second-order valence-electron chi connectivity index (χ2n) is 8.73. The van der Waals surface area contributed by atoms with Gasteiger partial charge in [0.15, 0.2) is 5.69 Å². The van der Waals surface area contributed by atoms with Gasteiger partial charge in [-0.1, -0.05) is 48.5 Å². The number of hydrogen-bond acceptors (Lipinski definition) is 5. The molecule has 0 radical (unpaired) electrons. The minimum absolute atomic E-state index is 0.154. The Bertz CT molecular complexity index is 1270. The van der Waals surface area contributed by atoms with Crippen molar-refractivity contribution in [2.75, 3.05) is 13.7 Å². The third kappa shape index (κ3) is 5.41. The van der Waals surface area contributed by atoms with E-state index < -0.39 is 0 Å². The molecule has 3 heterocycles. The summed E-state index contributed by atoms with van der Waals surface area (Å²) >= 11 is 0. The van der Waals surface area contributed by atoms with Gasteiger partial charge in [-0.15, -0.1) is 0 Å². The van der Waals surface area contributed by atoms with Crippen molar-refractivity contribution in [3.63, 3.8) is 0 Å². The fraction of sp³-hybridized carbons (Fsp3) is 0.250. The molecule has 2 aromatic carbocycles. The van der Waals surface area contributed by atoms with E-state index in [0.29, 0.717) is 25.3 Å². The zero-order valence-corrected chi connectivity index (χ0v) is 19.9. The molecule has 0 fully saturated rings. The molecule has 7 heteroatoms. The largest absolute Gasteiger partial charge is 0.497 e. The van der Waals surface area contributed by atoms with Gasteiger partial charge in [0.2, 0.25) is 0 Å². The highest BCUT2D eigenvalue weighted by Crippen LogP contribution is 2.25. The number of nitrogens with one attached hydrogen (secondary N) is 1. The van der Waals surface area contributed by atoms with Gasteiger partial charge in [0.25, 0.3) is 5.91 Å². The number of carbonyl (C=O) groups is 1. The van der Waals surface area contributed by atoms with Crippen LogP contribution in [0.15, 0.2) is 79.0 Å². The van der Waals surface area contributed by atoms with Gasteiger partial charge in [-0.25, -0.2) is 0 Å². The maximum Gasteiger partial charge on any atom is 0.272 e. The molecule has 0 bridgehead atoms. The molecule has 7 nitrogen and oxygen atoms in total. The second kappa shape index (κ2) is 10.5. The Hall–Kier alpha value is -3.97. The minimum atomic E-state index is -0.154. The summed E-state index contributed by atoms with van der Waals surface area (Å²) in [5.74, 6) is 0.638. The summed E-state index contributed by atoms with van der Waals surface area (Å²) in [6, 6.07) is 24.0. The predicted molar refractivity (Wildman–Crippen MR) is 134 cm³/mol. The van der Waals surface area contributed by atoms with Crippen LogP contribution in [-0.2, 0) is 32.6 Å². The van der Waals surface area contributed by atoms with Gasteiger partial charge < -0.3 is 10.1 Å². The summed E-state index contributed by atoms with van der Waals surface area (Å²) in [4.78, 5) is 20.1. The van der Waals surface area contributed by atoms with Gasteiger partial charge in [-0.2, -0.15) is 5.10 Å². The highest BCUT2D eigenvalue weighted by atomic mass is 16.5. The molecule has 5 rings (SSSR count). The molecule has 0 atom stereocenters. The number of hydrogen-bond donors (Lipinski definition) is 1. The van der Waals surface area contributed by atoms with Crippen LogP contribution in [0, 0.1) is 0 Å². The van der Waals surface area contributed by atoms with Crippen LogP contribution >= 0.6 is 0 Å². The highest BCUT2D eigenvalue weighted by Gasteiger charge is 2.28. The Morgan fingerprint density at radius 1 is 0.971 bits per heavy atom. The minimum Gasteiger partial charge on any atom is -0.497 e. The Labute approximate surface area is 205 Å². The quantitative estimate of drug-likeness (QED) is 0.427. The van der Waals surface area contributed by atoms with Crippen molar-refractivity contribution in [1.82, 2.24) is 25.0 Å². The van der Waals surface area contributed by atoms with Crippen molar-refractivity contribution >= 4 is 5.91 Å². The molecule has 0 aliphatic carbocycles. The van der Waals surface area contributed by atoms with E-state index in [0.717, 1.165) is 47.8 Å². The zero-order valence-electron chi connectivity index (χ0n) is 19.9. The average molecular weight is 468 g/mol. The second-order valence-corrected chi connectivity index (χ2v) is 8.73. The molecular weight excluding hydrogens is 438 g/mol. The number of ether oxygens (including phenoxy) is 1. The number of methoxy groups -OCH3 is 1. The summed E-state index contributed by atoms with van der Waals surface area (Å²) in [6.45, 7) is 3.44. The van der Waals surface area contributed by atoms with Gasteiger partial charge >= 0.3 is 0 Å². The standard InChI is InChI=1S/C28H29N5O2/c1-35-24-12-10-21(11-13-24)17-30-28(34)27-25-20-32(18-22-7-3-2-4-8-22)16-14-26(25)33(31-27)19-23-9-5-6-15-29-23/h2-13,15H,14,16-20H2,1H3,(H,30,34). The molecule has 178 valence electrons. The van der Waals surface area contributed by atoms with E-state index in [4.69, 9.17) is 9.84 Å². The number of benzene rings is 2. The summed E-state index contributed by atoms with van der Waals surface area (Å²) in [5, 5.41) is 7.84. The lowest BCUT2D eigenvalue weighted by Crippen LogP contribution is -2.32. The van der Waals surface area contributed by atoms with E-state index in [9.17, 15) is 4.79 Å². The monoisotopic (exact) mass is 467 g/mol. The maximum absolute atomic E-state index is 13.3. The molecule has 4 aromatic rings.